The Balaban J connectivity index is 1.71. The van der Waals surface area contributed by atoms with Gasteiger partial charge in [0.1, 0.15) is 0 Å². The molecule has 1 aromatic carbocycles. The molecule has 1 unspecified atom stereocenters. The van der Waals surface area contributed by atoms with E-state index in [1.807, 2.05) is 24.3 Å². The molecule has 1 atom stereocenters. The highest BCUT2D eigenvalue weighted by atomic mass is 32.2. The Morgan fingerprint density at radius 3 is 2.88 bits per heavy atom. The van der Waals surface area contributed by atoms with Gasteiger partial charge in [0.15, 0.2) is 5.82 Å². The van der Waals surface area contributed by atoms with Crippen LogP contribution in [0, 0.1) is 0 Å². The molecule has 1 aliphatic rings. The average molecular weight is 345 g/mol. The largest absolute Gasteiger partial charge is 0.336 e. The first-order valence-corrected chi connectivity index (χ1v) is 9.76. The Kier molecular flexibility index (Phi) is 5.45. The zero-order valence-electron chi connectivity index (χ0n) is 13.9. The van der Waals surface area contributed by atoms with Gasteiger partial charge in [-0.15, -0.1) is 0 Å². The van der Waals surface area contributed by atoms with Crippen molar-refractivity contribution in [2.24, 2.45) is 7.05 Å². The molecular weight excluding hydrogens is 322 g/mol. The van der Waals surface area contributed by atoms with Crippen LogP contribution in [-0.2, 0) is 23.6 Å². The van der Waals surface area contributed by atoms with Crippen molar-refractivity contribution >= 4 is 22.3 Å². The summed E-state index contributed by atoms with van der Waals surface area (Å²) in [6, 6.07) is 7.75. The lowest BCUT2D eigenvalue weighted by atomic mass is 10.0. The van der Waals surface area contributed by atoms with E-state index >= 15 is 0 Å². The highest BCUT2D eigenvalue weighted by Crippen LogP contribution is 2.24. The molecule has 1 saturated carbocycles. The summed E-state index contributed by atoms with van der Waals surface area (Å²) in [6.45, 7) is 0. The molecule has 1 N–H and O–H groups in total. The van der Waals surface area contributed by atoms with E-state index in [1.165, 1.54) is 23.8 Å². The van der Waals surface area contributed by atoms with Crippen molar-refractivity contribution in [2.45, 2.75) is 43.1 Å². The molecule has 0 bridgehead atoms. The Morgan fingerprint density at radius 2 is 2.08 bits per heavy atom. The van der Waals surface area contributed by atoms with Crippen LogP contribution in [0.25, 0.3) is 0 Å². The highest BCUT2D eigenvalue weighted by molar-refractivity contribution is 7.84. The molecule has 1 aromatic heterocycles. The molecule has 5 nitrogen and oxygen atoms in total. The second-order valence-corrected chi connectivity index (χ2v) is 8.02. The van der Waals surface area contributed by atoms with Crippen molar-refractivity contribution in [3.05, 3.63) is 52.6 Å². The Morgan fingerprint density at radius 1 is 1.29 bits per heavy atom. The van der Waals surface area contributed by atoms with Crippen molar-refractivity contribution in [1.29, 1.82) is 0 Å². The number of nitrogens with zero attached hydrogens (tertiary/aromatic N) is 2. The summed E-state index contributed by atoms with van der Waals surface area (Å²) in [6.07, 6.45) is 9.03. The predicted molar refractivity (Wildman–Crippen MR) is 97.9 cm³/mol. The minimum atomic E-state index is -0.829. The van der Waals surface area contributed by atoms with Crippen LogP contribution in [0.3, 0.4) is 0 Å². The van der Waals surface area contributed by atoms with Crippen LogP contribution in [0.2, 0.25) is 0 Å². The van der Waals surface area contributed by atoms with Gasteiger partial charge in [-0.05, 0) is 30.5 Å². The maximum absolute atomic E-state index is 12.6. The second-order valence-electron chi connectivity index (χ2n) is 6.30. The third kappa shape index (κ3) is 4.12. The molecule has 128 valence electrons. The van der Waals surface area contributed by atoms with Crippen LogP contribution in [-0.4, -0.2) is 19.0 Å². The quantitative estimate of drug-likeness (QED) is 0.904. The van der Waals surface area contributed by atoms with Crippen LogP contribution in [0.5, 0.6) is 0 Å². The normalized spacial score (nSPS) is 16.7. The summed E-state index contributed by atoms with van der Waals surface area (Å²) < 4.78 is 14.0. The Hall–Kier alpha value is -1.95. The van der Waals surface area contributed by atoms with E-state index in [4.69, 9.17) is 0 Å². The van der Waals surface area contributed by atoms with Gasteiger partial charge in [-0.1, -0.05) is 31.4 Å². The minimum absolute atomic E-state index is 0.173. The molecule has 2 aromatic rings. The Labute approximate surface area is 144 Å². The fourth-order valence-corrected chi connectivity index (χ4v) is 4.67. The summed E-state index contributed by atoms with van der Waals surface area (Å²) in [7, 11) is 0.864. The second kappa shape index (κ2) is 7.75. The number of rotatable bonds is 5. The van der Waals surface area contributed by atoms with E-state index in [9.17, 15) is 9.00 Å². The van der Waals surface area contributed by atoms with Crippen LogP contribution in [0.1, 0.15) is 37.7 Å². The lowest BCUT2D eigenvalue weighted by molar-refractivity contribution is 0.504. The molecule has 0 spiro atoms. The summed E-state index contributed by atoms with van der Waals surface area (Å²) in [4.78, 5) is 16.1. The van der Waals surface area contributed by atoms with Crippen molar-refractivity contribution in [3.8, 4) is 0 Å². The van der Waals surface area contributed by atoms with Crippen molar-refractivity contribution < 1.29 is 4.21 Å². The van der Waals surface area contributed by atoms with E-state index in [0.717, 1.165) is 24.1 Å². The SMILES string of the molecule is Cn1ccnc(Nc2cccc(CS(=O)C3CCCCC3)c2)c1=O. The lowest BCUT2D eigenvalue weighted by Crippen LogP contribution is -2.20. The summed E-state index contributed by atoms with van der Waals surface area (Å²) in [5.74, 6) is 0.867. The highest BCUT2D eigenvalue weighted by Gasteiger charge is 2.19. The van der Waals surface area contributed by atoms with Gasteiger partial charge in [0.05, 0.1) is 0 Å². The number of anilines is 2. The zero-order valence-corrected chi connectivity index (χ0v) is 14.7. The topological polar surface area (TPSA) is 64.0 Å². The van der Waals surface area contributed by atoms with Gasteiger partial charge in [-0.25, -0.2) is 4.98 Å². The summed E-state index contributed by atoms with van der Waals surface area (Å²) in [5, 5.41) is 3.39. The standard InChI is InChI=1S/C18H23N3O2S/c1-21-11-10-19-17(18(21)22)20-15-7-5-6-14(12-15)13-24(23)16-8-3-2-4-9-16/h5-7,10-12,16H,2-4,8-9,13H2,1H3,(H,19,20). The molecular formula is C18H23N3O2S. The van der Waals surface area contributed by atoms with Gasteiger partial charge in [0, 0.05) is 46.9 Å². The van der Waals surface area contributed by atoms with Crippen LogP contribution >= 0.6 is 0 Å². The molecule has 1 aliphatic carbocycles. The van der Waals surface area contributed by atoms with Crippen molar-refractivity contribution in [1.82, 2.24) is 9.55 Å². The monoisotopic (exact) mass is 345 g/mol. The molecule has 0 radical (unpaired) electrons. The minimum Gasteiger partial charge on any atom is -0.336 e. The maximum atomic E-state index is 12.6. The van der Waals surface area contributed by atoms with E-state index in [1.54, 1.807) is 19.4 Å². The smallest absolute Gasteiger partial charge is 0.293 e. The van der Waals surface area contributed by atoms with Gasteiger partial charge in [-0.3, -0.25) is 9.00 Å². The lowest BCUT2D eigenvalue weighted by Gasteiger charge is -2.21. The van der Waals surface area contributed by atoms with Gasteiger partial charge in [0.2, 0.25) is 0 Å². The molecule has 1 fully saturated rings. The van der Waals surface area contributed by atoms with Crippen LogP contribution < -0.4 is 10.9 Å². The van der Waals surface area contributed by atoms with Crippen LogP contribution in [0.4, 0.5) is 11.5 Å². The van der Waals surface area contributed by atoms with Gasteiger partial charge < -0.3 is 9.88 Å². The number of aryl methyl sites for hydroxylation is 1. The van der Waals surface area contributed by atoms with Gasteiger partial charge >= 0.3 is 0 Å². The first-order valence-electron chi connectivity index (χ1n) is 8.38. The third-order valence-electron chi connectivity index (χ3n) is 4.44. The van der Waals surface area contributed by atoms with E-state index in [2.05, 4.69) is 10.3 Å². The molecule has 0 saturated heterocycles. The number of hydrogen-bond donors (Lipinski definition) is 1. The van der Waals surface area contributed by atoms with Crippen LogP contribution in [0.15, 0.2) is 41.5 Å². The van der Waals surface area contributed by atoms with E-state index in [-0.39, 0.29) is 5.56 Å². The van der Waals surface area contributed by atoms with E-state index in [0.29, 0.717) is 16.8 Å². The summed E-state index contributed by atoms with van der Waals surface area (Å²) in [5.41, 5.74) is 1.65. The number of benzene rings is 1. The van der Waals surface area contributed by atoms with Gasteiger partial charge in [-0.2, -0.15) is 0 Å². The third-order valence-corrected chi connectivity index (χ3v) is 6.27. The fraction of sp³-hybridized carbons (Fsp3) is 0.444. The number of hydrogen-bond acceptors (Lipinski definition) is 4. The Bertz CT molecular complexity index is 782. The predicted octanol–water partition coefficient (Wildman–Crippen LogP) is 3.11. The molecule has 3 rings (SSSR count). The van der Waals surface area contributed by atoms with Crippen molar-refractivity contribution in [3.63, 3.8) is 0 Å². The molecule has 0 amide bonds. The maximum Gasteiger partial charge on any atom is 0.293 e. The molecule has 24 heavy (non-hydrogen) atoms. The fourth-order valence-electron chi connectivity index (χ4n) is 3.07. The first-order chi connectivity index (χ1) is 11.6. The first kappa shape index (κ1) is 16.9. The number of nitrogens with one attached hydrogen (secondary N) is 1. The van der Waals surface area contributed by atoms with Gasteiger partial charge in [0.25, 0.3) is 5.56 Å². The van der Waals surface area contributed by atoms with E-state index < -0.39 is 10.8 Å². The average Bonchev–Trinajstić information content (AvgIpc) is 2.60. The number of aromatic nitrogens is 2. The summed E-state index contributed by atoms with van der Waals surface area (Å²) >= 11 is 0. The molecule has 1 heterocycles. The zero-order chi connectivity index (χ0) is 16.9. The van der Waals surface area contributed by atoms with Crippen molar-refractivity contribution in [2.75, 3.05) is 5.32 Å². The molecule has 6 heteroatoms. The molecule has 0 aliphatic heterocycles.